The molecule has 134 valence electrons. The van der Waals surface area contributed by atoms with Crippen LogP contribution in [0.1, 0.15) is 5.56 Å². The minimum absolute atomic E-state index is 0.677. The van der Waals surface area contributed by atoms with Gasteiger partial charge in [0.25, 0.3) is 0 Å². The number of ether oxygens (including phenoxy) is 1. The first-order chi connectivity index (χ1) is 13.3. The second kappa shape index (κ2) is 7.91. The molecule has 0 fully saturated rings. The smallest absolute Gasteiger partial charge is 0.162 e. The normalized spacial score (nSPS) is 10.7. The van der Waals surface area contributed by atoms with E-state index in [0.717, 1.165) is 21.0 Å². The molecule has 0 bridgehead atoms. The number of nitrogens with zero attached hydrogens (tertiary/aromatic N) is 1. The Hall–Kier alpha value is -2.69. The molecule has 0 aliphatic rings. The van der Waals surface area contributed by atoms with Crippen LogP contribution < -0.4 is 4.74 Å². The van der Waals surface area contributed by atoms with E-state index in [2.05, 4.69) is 59.2 Å². The Morgan fingerprint density at radius 2 is 1.41 bits per heavy atom. The molecule has 0 unspecified atom stereocenters. The number of benzene rings is 3. The molecule has 27 heavy (non-hydrogen) atoms. The molecule has 4 heteroatoms. The lowest BCUT2D eigenvalue weighted by molar-refractivity contribution is 0.408. The van der Waals surface area contributed by atoms with Crippen LogP contribution in [-0.2, 0) is 6.54 Å². The molecule has 0 spiro atoms. The first-order valence-corrected chi connectivity index (χ1v) is 9.97. The topological polar surface area (TPSA) is 14.2 Å². The van der Waals surface area contributed by atoms with E-state index < -0.39 is 0 Å². The molecule has 3 aromatic carbocycles. The number of aromatic nitrogens is 1. The quantitative estimate of drug-likeness (QED) is 0.354. The Kier molecular flexibility index (Phi) is 5.19. The molecule has 0 amide bonds. The van der Waals surface area contributed by atoms with Gasteiger partial charge in [0, 0.05) is 5.56 Å². The molecule has 0 saturated carbocycles. The third-order valence-electron chi connectivity index (χ3n) is 4.50. The number of hydrogen-bond acceptors (Lipinski definition) is 3. The minimum atomic E-state index is 0.677. The first-order valence-electron chi connectivity index (χ1n) is 8.74. The van der Waals surface area contributed by atoms with E-state index in [1.165, 1.54) is 16.0 Å². The average molecular weight is 390 g/mol. The van der Waals surface area contributed by atoms with Crippen molar-refractivity contribution in [3.8, 4) is 27.4 Å². The van der Waals surface area contributed by atoms with Crippen molar-refractivity contribution in [2.75, 3.05) is 7.11 Å². The average Bonchev–Trinajstić information content (AvgIpc) is 3.06. The highest BCUT2D eigenvalue weighted by molar-refractivity contribution is 7.73. The van der Waals surface area contributed by atoms with Crippen LogP contribution >= 0.6 is 23.6 Å². The zero-order valence-corrected chi connectivity index (χ0v) is 16.6. The minimum Gasteiger partial charge on any atom is -0.496 e. The van der Waals surface area contributed by atoms with Crippen LogP contribution in [0.25, 0.3) is 21.7 Å². The predicted octanol–water partition coefficient (Wildman–Crippen LogP) is 6.67. The molecular weight excluding hydrogens is 370 g/mol. The van der Waals surface area contributed by atoms with Crippen molar-refractivity contribution in [1.82, 2.24) is 4.57 Å². The van der Waals surface area contributed by atoms with Crippen molar-refractivity contribution < 1.29 is 4.74 Å². The van der Waals surface area contributed by atoms with E-state index in [-0.39, 0.29) is 0 Å². The van der Waals surface area contributed by atoms with Gasteiger partial charge in [-0.1, -0.05) is 78.9 Å². The lowest BCUT2D eigenvalue weighted by Gasteiger charge is -2.13. The monoisotopic (exact) mass is 389 g/mol. The maximum atomic E-state index is 5.78. The highest BCUT2D eigenvalue weighted by Crippen LogP contribution is 2.38. The van der Waals surface area contributed by atoms with Gasteiger partial charge in [0.05, 0.1) is 24.2 Å². The Morgan fingerprint density at radius 1 is 0.815 bits per heavy atom. The third-order valence-corrected chi connectivity index (χ3v) is 6.00. The number of para-hydroxylation sites is 1. The summed E-state index contributed by atoms with van der Waals surface area (Å²) in [4.78, 5) is 1.20. The number of methoxy groups -OCH3 is 1. The van der Waals surface area contributed by atoms with Crippen LogP contribution in [0.4, 0.5) is 0 Å². The van der Waals surface area contributed by atoms with Gasteiger partial charge in [-0.3, -0.25) is 0 Å². The molecule has 0 saturated heterocycles. The van der Waals surface area contributed by atoms with Crippen LogP contribution in [0.15, 0.2) is 84.9 Å². The van der Waals surface area contributed by atoms with E-state index in [1.807, 2.05) is 30.3 Å². The van der Waals surface area contributed by atoms with Crippen LogP contribution in [0.5, 0.6) is 5.75 Å². The van der Waals surface area contributed by atoms with Crippen molar-refractivity contribution >= 4 is 23.6 Å². The summed E-state index contributed by atoms with van der Waals surface area (Å²) in [5, 5.41) is 0. The van der Waals surface area contributed by atoms with E-state index >= 15 is 0 Å². The van der Waals surface area contributed by atoms with Crippen molar-refractivity contribution in [3.05, 3.63) is 94.4 Å². The van der Waals surface area contributed by atoms with E-state index in [0.29, 0.717) is 6.54 Å². The molecule has 0 aliphatic carbocycles. The zero-order chi connectivity index (χ0) is 18.6. The van der Waals surface area contributed by atoms with E-state index in [1.54, 1.807) is 18.4 Å². The zero-order valence-electron chi connectivity index (χ0n) is 15.0. The Balaban J connectivity index is 1.92. The standard InChI is InChI=1S/C23H19NOS2/c1-25-20-15-9-8-14-19(20)16-24-21(17-10-4-2-5-11-17)22(27-23(24)26)18-12-6-3-7-13-18/h2-15H,16H2,1H3. The maximum Gasteiger partial charge on any atom is 0.162 e. The molecule has 2 nitrogen and oxygen atoms in total. The molecular formula is C23H19NOS2. The van der Waals surface area contributed by atoms with Gasteiger partial charge < -0.3 is 9.30 Å². The fraction of sp³-hybridized carbons (Fsp3) is 0.0870. The van der Waals surface area contributed by atoms with Crippen LogP contribution in [0, 0.1) is 3.95 Å². The van der Waals surface area contributed by atoms with Gasteiger partial charge in [0.1, 0.15) is 5.75 Å². The Labute approximate surface area is 168 Å². The van der Waals surface area contributed by atoms with Gasteiger partial charge in [-0.25, -0.2) is 0 Å². The van der Waals surface area contributed by atoms with Gasteiger partial charge in [-0.2, -0.15) is 0 Å². The predicted molar refractivity (Wildman–Crippen MR) is 116 cm³/mol. The first kappa shape index (κ1) is 17.7. The van der Waals surface area contributed by atoms with Gasteiger partial charge in [0.15, 0.2) is 3.95 Å². The molecule has 0 atom stereocenters. The van der Waals surface area contributed by atoms with Crippen molar-refractivity contribution in [3.63, 3.8) is 0 Å². The van der Waals surface area contributed by atoms with Crippen molar-refractivity contribution in [2.24, 2.45) is 0 Å². The highest BCUT2D eigenvalue weighted by atomic mass is 32.1. The molecule has 4 aromatic rings. The fourth-order valence-electron chi connectivity index (χ4n) is 3.22. The molecule has 1 heterocycles. The van der Waals surface area contributed by atoms with Crippen LogP contribution in [0.3, 0.4) is 0 Å². The van der Waals surface area contributed by atoms with E-state index in [9.17, 15) is 0 Å². The maximum absolute atomic E-state index is 5.78. The van der Waals surface area contributed by atoms with Crippen molar-refractivity contribution in [2.45, 2.75) is 6.54 Å². The largest absolute Gasteiger partial charge is 0.496 e. The fourth-order valence-corrected chi connectivity index (χ4v) is 4.65. The summed E-state index contributed by atoms with van der Waals surface area (Å²) in [6, 6.07) is 29.0. The summed E-state index contributed by atoms with van der Waals surface area (Å²) in [5.41, 5.74) is 4.62. The number of thiazole rings is 1. The summed E-state index contributed by atoms with van der Waals surface area (Å²) in [6.07, 6.45) is 0. The summed E-state index contributed by atoms with van der Waals surface area (Å²) in [5.74, 6) is 0.880. The Morgan fingerprint density at radius 3 is 2.07 bits per heavy atom. The second-order valence-corrected chi connectivity index (χ2v) is 7.82. The van der Waals surface area contributed by atoms with Crippen LogP contribution in [-0.4, -0.2) is 11.7 Å². The lowest BCUT2D eigenvalue weighted by Crippen LogP contribution is -2.04. The van der Waals surface area contributed by atoms with Gasteiger partial charge >= 0.3 is 0 Å². The molecule has 4 rings (SSSR count). The van der Waals surface area contributed by atoms with Gasteiger partial charge in [0.2, 0.25) is 0 Å². The summed E-state index contributed by atoms with van der Waals surface area (Å²) in [7, 11) is 1.71. The van der Waals surface area contributed by atoms with Gasteiger partial charge in [-0.15, -0.1) is 11.3 Å². The molecule has 1 aromatic heterocycles. The highest BCUT2D eigenvalue weighted by Gasteiger charge is 2.17. The Bertz CT molecular complexity index is 1100. The summed E-state index contributed by atoms with van der Waals surface area (Å²) < 4.78 is 8.63. The summed E-state index contributed by atoms with van der Waals surface area (Å²) in [6.45, 7) is 0.677. The molecule has 0 radical (unpaired) electrons. The van der Waals surface area contributed by atoms with Gasteiger partial charge in [-0.05, 0) is 29.4 Å². The number of rotatable bonds is 5. The second-order valence-electron chi connectivity index (χ2n) is 6.18. The lowest BCUT2D eigenvalue weighted by atomic mass is 10.1. The van der Waals surface area contributed by atoms with Crippen LogP contribution in [0.2, 0.25) is 0 Å². The van der Waals surface area contributed by atoms with E-state index in [4.69, 9.17) is 17.0 Å². The molecule has 0 N–H and O–H groups in total. The summed E-state index contributed by atoms with van der Waals surface area (Å²) >= 11 is 7.44. The number of hydrogen-bond donors (Lipinski definition) is 0. The SMILES string of the molecule is COc1ccccc1Cn1c(-c2ccccc2)c(-c2ccccc2)sc1=S. The van der Waals surface area contributed by atoms with Crippen molar-refractivity contribution in [1.29, 1.82) is 0 Å². The molecule has 0 aliphatic heterocycles. The third kappa shape index (κ3) is 3.59.